The molecule has 0 saturated carbocycles. The highest BCUT2D eigenvalue weighted by Crippen LogP contribution is 2.21. The third-order valence-corrected chi connectivity index (χ3v) is 3.62. The number of hydrogen-bond donors (Lipinski definition) is 2. The molecule has 0 aliphatic carbocycles. The highest BCUT2D eigenvalue weighted by Gasteiger charge is 2.35. The molecule has 2 amide bonds. The smallest absolute Gasteiger partial charge is 0.326 e. The van der Waals surface area contributed by atoms with Gasteiger partial charge < -0.3 is 20.1 Å². The summed E-state index contributed by atoms with van der Waals surface area (Å²) in [6, 6.07) is -1.44. The number of likely N-dealkylation sites (tertiary alicyclic amines) is 1. The minimum atomic E-state index is -1.07. The molecule has 0 aromatic rings. The summed E-state index contributed by atoms with van der Waals surface area (Å²) >= 11 is 0. The van der Waals surface area contributed by atoms with Gasteiger partial charge in [0.25, 0.3) is 0 Å². The number of carbonyl (C=O) groups is 3. The second-order valence-electron chi connectivity index (χ2n) is 6.40. The molecule has 1 aliphatic heterocycles. The minimum Gasteiger partial charge on any atom is -0.480 e. The fourth-order valence-electron chi connectivity index (χ4n) is 2.38. The van der Waals surface area contributed by atoms with Gasteiger partial charge in [-0.1, -0.05) is 20.8 Å². The van der Waals surface area contributed by atoms with Gasteiger partial charge in [0.05, 0.1) is 13.0 Å². The molecule has 0 aromatic carbocycles. The van der Waals surface area contributed by atoms with Crippen molar-refractivity contribution in [2.75, 3.05) is 20.2 Å². The number of carboxylic acid groups (broad SMARTS) is 1. The Kier molecular flexibility index (Phi) is 5.57. The lowest BCUT2D eigenvalue weighted by atomic mass is 9.87. The van der Waals surface area contributed by atoms with Crippen molar-refractivity contribution in [3.8, 4) is 0 Å². The zero-order valence-electron chi connectivity index (χ0n) is 13.0. The normalized spacial score (nSPS) is 20.6. The van der Waals surface area contributed by atoms with Crippen molar-refractivity contribution >= 4 is 18.0 Å². The van der Waals surface area contributed by atoms with E-state index in [0.717, 1.165) is 0 Å². The van der Waals surface area contributed by atoms with Crippen LogP contribution in [0.25, 0.3) is 0 Å². The van der Waals surface area contributed by atoms with Crippen LogP contribution in [-0.4, -0.2) is 54.2 Å². The van der Waals surface area contributed by atoms with Crippen molar-refractivity contribution in [2.45, 2.75) is 39.7 Å². The Bertz CT molecular complexity index is 416. The highest BCUT2D eigenvalue weighted by molar-refractivity contribution is 5.83. The second kappa shape index (κ2) is 6.78. The van der Waals surface area contributed by atoms with Gasteiger partial charge in [0.1, 0.15) is 6.04 Å². The molecule has 21 heavy (non-hydrogen) atoms. The SMILES string of the molecule is COC(=O)C1CCCN(C(=O)N[C@H](C(=O)O)C(C)(C)C)C1. The lowest BCUT2D eigenvalue weighted by molar-refractivity contribution is -0.147. The van der Waals surface area contributed by atoms with Crippen LogP contribution in [0, 0.1) is 11.3 Å². The topological polar surface area (TPSA) is 95.9 Å². The van der Waals surface area contributed by atoms with Crippen LogP contribution in [0.15, 0.2) is 0 Å². The third kappa shape index (κ3) is 4.61. The van der Waals surface area contributed by atoms with Crippen molar-refractivity contribution in [3.63, 3.8) is 0 Å². The monoisotopic (exact) mass is 300 g/mol. The second-order valence-corrected chi connectivity index (χ2v) is 6.40. The van der Waals surface area contributed by atoms with E-state index in [4.69, 9.17) is 4.74 Å². The van der Waals surface area contributed by atoms with Gasteiger partial charge in [-0.25, -0.2) is 9.59 Å². The molecule has 1 unspecified atom stereocenters. The summed E-state index contributed by atoms with van der Waals surface area (Å²) in [5.74, 6) is -1.75. The van der Waals surface area contributed by atoms with Gasteiger partial charge in [-0.3, -0.25) is 4.79 Å². The summed E-state index contributed by atoms with van der Waals surface area (Å²) < 4.78 is 4.70. The van der Waals surface area contributed by atoms with Crippen LogP contribution >= 0.6 is 0 Å². The number of urea groups is 1. The van der Waals surface area contributed by atoms with Crippen LogP contribution in [-0.2, 0) is 14.3 Å². The lowest BCUT2D eigenvalue weighted by Crippen LogP contribution is -2.55. The number of carboxylic acids is 1. The van der Waals surface area contributed by atoms with Gasteiger partial charge in [0.2, 0.25) is 0 Å². The van der Waals surface area contributed by atoms with Crippen molar-refractivity contribution < 1.29 is 24.2 Å². The maximum atomic E-state index is 12.2. The molecule has 2 atom stereocenters. The predicted octanol–water partition coefficient (Wildman–Crippen LogP) is 1.08. The molecule has 1 saturated heterocycles. The number of carbonyl (C=O) groups excluding carboxylic acids is 2. The zero-order valence-corrected chi connectivity index (χ0v) is 13.0. The first-order valence-electron chi connectivity index (χ1n) is 7.03. The van der Waals surface area contributed by atoms with Crippen LogP contribution in [0.2, 0.25) is 0 Å². The largest absolute Gasteiger partial charge is 0.480 e. The Morgan fingerprint density at radius 3 is 2.43 bits per heavy atom. The Balaban J connectivity index is 2.70. The Labute approximate surface area is 124 Å². The summed E-state index contributed by atoms with van der Waals surface area (Å²) in [7, 11) is 1.32. The minimum absolute atomic E-state index is 0.259. The van der Waals surface area contributed by atoms with Crippen LogP contribution in [0.5, 0.6) is 0 Å². The third-order valence-electron chi connectivity index (χ3n) is 3.62. The summed E-state index contributed by atoms with van der Waals surface area (Å²) in [5, 5.41) is 11.8. The number of piperidine rings is 1. The van der Waals surface area contributed by atoms with Crippen molar-refractivity contribution in [3.05, 3.63) is 0 Å². The Hall–Kier alpha value is -1.79. The van der Waals surface area contributed by atoms with Crippen molar-refractivity contribution in [2.24, 2.45) is 11.3 Å². The van der Waals surface area contributed by atoms with Crippen molar-refractivity contribution in [1.82, 2.24) is 10.2 Å². The van der Waals surface area contributed by atoms with Gasteiger partial charge in [-0.15, -0.1) is 0 Å². The fourth-order valence-corrected chi connectivity index (χ4v) is 2.38. The molecule has 1 rings (SSSR count). The number of methoxy groups -OCH3 is 1. The van der Waals surface area contributed by atoms with Gasteiger partial charge in [-0.05, 0) is 18.3 Å². The van der Waals surface area contributed by atoms with Crippen LogP contribution in [0.4, 0.5) is 4.79 Å². The molecule has 1 aliphatic rings. The number of amides is 2. The first-order valence-corrected chi connectivity index (χ1v) is 7.03. The number of nitrogens with zero attached hydrogens (tertiary/aromatic N) is 1. The van der Waals surface area contributed by atoms with E-state index in [1.54, 1.807) is 20.8 Å². The predicted molar refractivity (Wildman–Crippen MR) is 75.7 cm³/mol. The molecule has 0 aromatic heterocycles. The molecule has 1 heterocycles. The van der Waals surface area contributed by atoms with E-state index in [2.05, 4.69) is 5.32 Å². The fraction of sp³-hybridized carbons (Fsp3) is 0.786. The van der Waals surface area contributed by atoms with E-state index in [-0.39, 0.29) is 18.4 Å². The molecule has 0 spiro atoms. The number of ether oxygens (including phenoxy) is 1. The van der Waals surface area contributed by atoms with Crippen LogP contribution in [0.1, 0.15) is 33.6 Å². The van der Waals surface area contributed by atoms with Gasteiger partial charge in [0, 0.05) is 13.1 Å². The molecular weight excluding hydrogens is 276 g/mol. The van der Waals surface area contributed by atoms with E-state index in [0.29, 0.717) is 19.4 Å². The van der Waals surface area contributed by atoms with Gasteiger partial charge in [-0.2, -0.15) is 0 Å². The first kappa shape index (κ1) is 17.3. The van der Waals surface area contributed by atoms with E-state index in [1.165, 1.54) is 12.0 Å². The standard InChI is InChI=1S/C14H24N2O5/c1-14(2,3)10(11(17)18)15-13(20)16-7-5-6-9(8-16)12(19)21-4/h9-10H,5-8H2,1-4H3,(H,15,20)(H,17,18)/t9?,10-/m1/s1. The van der Waals surface area contributed by atoms with E-state index in [9.17, 15) is 19.5 Å². The molecule has 0 bridgehead atoms. The molecular formula is C14H24N2O5. The molecule has 1 fully saturated rings. The van der Waals surface area contributed by atoms with E-state index in [1.807, 2.05) is 0 Å². The number of aliphatic carboxylic acids is 1. The quantitative estimate of drug-likeness (QED) is 0.760. The lowest BCUT2D eigenvalue weighted by Gasteiger charge is -2.34. The van der Waals surface area contributed by atoms with E-state index >= 15 is 0 Å². The number of esters is 1. The maximum Gasteiger partial charge on any atom is 0.326 e. The van der Waals surface area contributed by atoms with E-state index < -0.39 is 23.5 Å². The zero-order chi connectivity index (χ0) is 16.2. The highest BCUT2D eigenvalue weighted by atomic mass is 16.5. The Morgan fingerprint density at radius 2 is 1.95 bits per heavy atom. The molecule has 7 nitrogen and oxygen atoms in total. The summed E-state index contributed by atoms with van der Waals surface area (Å²) in [4.78, 5) is 36.5. The number of hydrogen-bond acceptors (Lipinski definition) is 4. The summed E-state index contributed by atoms with van der Waals surface area (Å²) in [6.07, 6.45) is 1.37. The number of nitrogens with one attached hydrogen (secondary N) is 1. The molecule has 2 N–H and O–H groups in total. The first-order chi connectivity index (χ1) is 9.66. The van der Waals surface area contributed by atoms with Crippen LogP contribution < -0.4 is 5.32 Å². The molecule has 0 radical (unpaired) electrons. The van der Waals surface area contributed by atoms with Crippen LogP contribution in [0.3, 0.4) is 0 Å². The van der Waals surface area contributed by atoms with Crippen molar-refractivity contribution in [1.29, 1.82) is 0 Å². The summed E-state index contributed by atoms with van der Waals surface area (Å²) in [5.41, 5.74) is -0.598. The molecule has 7 heteroatoms. The Morgan fingerprint density at radius 1 is 1.33 bits per heavy atom. The van der Waals surface area contributed by atoms with Gasteiger partial charge in [0.15, 0.2) is 0 Å². The maximum absolute atomic E-state index is 12.2. The molecule has 120 valence electrons. The number of rotatable bonds is 3. The summed E-state index contributed by atoms with van der Waals surface area (Å²) in [6.45, 7) is 6.02. The van der Waals surface area contributed by atoms with Gasteiger partial charge >= 0.3 is 18.0 Å². The average molecular weight is 300 g/mol. The average Bonchev–Trinajstić information content (AvgIpc) is 2.42.